The van der Waals surface area contributed by atoms with Crippen LogP contribution in [0.5, 0.6) is 0 Å². The number of unbranched alkanes of at least 4 members (excludes halogenated alkanes) is 2. The lowest BCUT2D eigenvalue weighted by molar-refractivity contribution is 0.0953. The summed E-state index contributed by atoms with van der Waals surface area (Å²) in [5.41, 5.74) is 0.544. The lowest BCUT2D eigenvalue weighted by atomic mass is 10.0. The van der Waals surface area contributed by atoms with Crippen LogP contribution < -0.4 is 15.7 Å². The number of amides is 2. The van der Waals surface area contributed by atoms with Crippen LogP contribution in [0.4, 0.5) is 9.18 Å². The summed E-state index contributed by atoms with van der Waals surface area (Å²) in [7, 11) is -4.33. The number of hydrogen-bond donors (Lipinski definition) is 2. The fourth-order valence-corrected chi connectivity index (χ4v) is 6.17. The number of benzene rings is 3. The zero-order valence-corrected chi connectivity index (χ0v) is 28.0. The second-order valence-corrected chi connectivity index (χ2v) is 12.8. The van der Waals surface area contributed by atoms with Crippen LogP contribution in [0.2, 0.25) is 5.02 Å². The highest BCUT2D eigenvalue weighted by Gasteiger charge is 2.24. The van der Waals surface area contributed by atoms with Crippen LogP contribution in [0.3, 0.4) is 0 Å². The van der Waals surface area contributed by atoms with Gasteiger partial charge in [0, 0.05) is 29.7 Å². The van der Waals surface area contributed by atoms with Gasteiger partial charge in [-0.2, -0.15) is 4.68 Å². The minimum atomic E-state index is -4.33. The summed E-state index contributed by atoms with van der Waals surface area (Å²) in [6, 6.07) is 14.6. The van der Waals surface area contributed by atoms with Gasteiger partial charge in [0.1, 0.15) is 11.6 Å². The zero-order valence-electron chi connectivity index (χ0n) is 26.4. The lowest BCUT2D eigenvalue weighted by Gasteiger charge is -2.13. The molecule has 14 heteroatoms. The fourth-order valence-electron chi connectivity index (χ4n) is 4.85. The number of hydrogen-bond acceptors (Lipinski definition) is 7. The van der Waals surface area contributed by atoms with Gasteiger partial charge in [0.2, 0.25) is 0 Å². The van der Waals surface area contributed by atoms with Crippen molar-refractivity contribution in [3.8, 4) is 16.8 Å². The molecule has 1 aromatic heterocycles. The lowest BCUT2D eigenvalue weighted by Crippen LogP contribution is -2.31. The van der Waals surface area contributed by atoms with Crippen LogP contribution in [0.15, 0.2) is 70.4 Å². The Balaban J connectivity index is 1.69. The van der Waals surface area contributed by atoms with E-state index in [0.29, 0.717) is 24.4 Å². The molecule has 3 aromatic carbocycles. The molecule has 0 aliphatic heterocycles. The van der Waals surface area contributed by atoms with Crippen molar-refractivity contribution < 1.29 is 27.1 Å². The molecule has 0 aliphatic carbocycles. The molecule has 0 atom stereocenters. The number of nitrogens with one attached hydrogen (secondary N) is 2. The van der Waals surface area contributed by atoms with Crippen LogP contribution in [-0.4, -0.2) is 47.9 Å². The van der Waals surface area contributed by atoms with E-state index in [4.69, 9.17) is 16.3 Å². The molecular formula is C33H37ClFN5O6S. The summed E-state index contributed by atoms with van der Waals surface area (Å²) >= 11 is 6.48. The summed E-state index contributed by atoms with van der Waals surface area (Å²) < 4.78 is 50.6. The van der Waals surface area contributed by atoms with E-state index in [0.717, 1.165) is 30.4 Å². The van der Waals surface area contributed by atoms with E-state index >= 15 is 4.39 Å². The van der Waals surface area contributed by atoms with Crippen molar-refractivity contribution in [2.24, 2.45) is 0 Å². The van der Waals surface area contributed by atoms with Crippen molar-refractivity contribution in [1.29, 1.82) is 0 Å². The van der Waals surface area contributed by atoms with Gasteiger partial charge in [0.05, 0.1) is 28.8 Å². The molecule has 0 bridgehead atoms. The van der Waals surface area contributed by atoms with Gasteiger partial charge in [0.15, 0.2) is 0 Å². The third-order valence-electron chi connectivity index (χ3n) is 7.31. The standard InChI is InChI=1S/C33H37ClFN5O6S/c1-4-7-13-30-37-40(28-20-23(16-17-26(28)34)31(41)36-18-8-5-2)33(43)39(30)21-24-15-14-22(19-27(24)35)25-11-9-10-12-29(25)47(44,45)38-32(42)46-6-3/h9-12,14-17,19-20H,4-8,13,18,21H2,1-3H3,(H,36,41)(H,38,42). The Morgan fingerprint density at radius 2 is 1.74 bits per heavy atom. The first-order chi connectivity index (χ1) is 22.5. The Labute approximate surface area is 277 Å². The number of carbonyl (C=O) groups is 2. The summed E-state index contributed by atoms with van der Waals surface area (Å²) in [4.78, 5) is 38.1. The number of rotatable bonds is 14. The van der Waals surface area contributed by atoms with Gasteiger partial charge in [-0.25, -0.2) is 27.1 Å². The van der Waals surface area contributed by atoms with Gasteiger partial charge in [-0.15, -0.1) is 5.10 Å². The number of nitrogens with zero attached hydrogens (tertiary/aromatic N) is 3. The molecule has 1 heterocycles. The molecule has 0 aliphatic rings. The van der Waals surface area contributed by atoms with Crippen molar-refractivity contribution >= 4 is 33.6 Å². The van der Waals surface area contributed by atoms with Crippen molar-refractivity contribution in [3.05, 3.63) is 98.9 Å². The number of aryl methyl sites for hydroxylation is 1. The molecule has 0 unspecified atom stereocenters. The van der Waals surface area contributed by atoms with E-state index in [1.54, 1.807) is 19.1 Å². The van der Waals surface area contributed by atoms with E-state index in [2.05, 4.69) is 10.4 Å². The van der Waals surface area contributed by atoms with Crippen LogP contribution in [0.1, 0.15) is 68.2 Å². The second kappa shape index (κ2) is 15.9. The van der Waals surface area contributed by atoms with E-state index in [1.807, 2.05) is 18.6 Å². The molecule has 2 amide bonds. The van der Waals surface area contributed by atoms with Gasteiger partial charge >= 0.3 is 11.8 Å². The van der Waals surface area contributed by atoms with Crippen LogP contribution in [-0.2, 0) is 27.7 Å². The molecule has 4 aromatic rings. The molecule has 0 spiro atoms. The highest BCUT2D eigenvalue weighted by molar-refractivity contribution is 7.90. The molecule has 0 saturated heterocycles. The summed E-state index contributed by atoms with van der Waals surface area (Å²) in [6.07, 6.45) is 2.60. The number of ether oxygens (including phenoxy) is 1. The SMILES string of the molecule is CCCCNC(=O)c1ccc(Cl)c(-n2nc(CCCC)n(Cc3ccc(-c4ccccc4S(=O)(=O)NC(=O)OCC)cc3F)c2=O)c1. The van der Waals surface area contributed by atoms with Crippen LogP contribution >= 0.6 is 11.6 Å². The molecule has 0 saturated carbocycles. The molecule has 4 rings (SSSR count). The average Bonchev–Trinajstić information content (AvgIpc) is 3.35. The maximum Gasteiger partial charge on any atom is 0.421 e. The smallest absolute Gasteiger partial charge is 0.421 e. The summed E-state index contributed by atoms with van der Waals surface area (Å²) in [6.45, 7) is 5.89. The molecule has 11 nitrogen and oxygen atoms in total. The topological polar surface area (TPSA) is 141 Å². The summed E-state index contributed by atoms with van der Waals surface area (Å²) in [5, 5.41) is 7.59. The highest BCUT2D eigenvalue weighted by atomic mass is 35.5. The zero-order chi connectivity index (χ0) is 34.1. The number of sulfonamides is 1. The first-order valence-corrected chi connectivity index (χ1v) is 17.2. The van der Waals surface area contributed by atoms with Crippen molar-refractivity contribution in [1.82, 2.24) is 24.4 Å². The first kappa shape index (κ1) is 35.4. The monoisotopic (exact) mass is 685 g/mol. The predicted molar refractivity (Wildman–Crippen MR) is 177 cm³/mol. The first-order valence-electron chi connectivity index (χ1n) is 15.3. The van der Waals surface area contributed by atoms with E-state index in [9.17, 15) is 22.8 Å². The maximum absolute atomic E-state index is 15.7. The third kappa shape index (κ3) is 8.46. The molecule has 47 heavy (non-hydrogen) atoms. The van der Waals surface area contributed by atoms with E-state index in [1.165, 1.54) is 53.1 Å². The van der Waals surface area contributed by atoms with Gasteiger partial charge in [-0.1, -0.05) is 68.6 Å². The highest BCUT2D eigenvalue weighted by Crippen LogP contribution is 2.29. The fraction of sp³-hybridized carbons (Fsp3) is 0.333. The van der Waals surface area contributed by atoms with Crippen molar-refractivity contribution in [2.45, 2.75) is 64.3 Å². The number of aromatic nitrogens is 3. The Hall–Kier alpha value is -4.49. The largest absolute Gasteiger partial charge is 0.449 e. The van der Waals surface area contributed by atoms with Crippen molar-refractivity contribution in [3.63, 3.8) is 0 Å². The van der Waals surface area contributed by atoms with E-state index < -0.39 is 27.6 Å². The molecule has 2 N–H and O–H groups in total. The van der Waals surface area contributed by atoms with Crippen LogP contribution in [0, 0.1) is 5.82 Å². The van der Waals surface area contributed by atoms with Crippen LogP contribution in [0.25, 0.3) is 16.8 Å². The normalized spacial score (nSPS) is 11.3. The van der Waals surface area contributed by atoms with E-state index in [-0.39, 0.29) is 51.4 Å². The van der Waals surface area contributed by atoms with Gasteiger partial charge < -0.3 is 10.1 Å². The Morgan fingerprint density at radius 1 is 1.00 bits per heavy atom. The quantitative estimate of drug-likeness (QED) is 0.159. The minimum absolute atomic E-state index is 0.0203. The molecule has 250 valence electrons. The average molecular weight is 686 g/mol. The third-order valence-corrected chi connectivity index (χ3v) is 9.00. The second-order valence-electron chi connectivity index (χ2n) is 10.7. The van der Waals surface area contributed by atoms with Gasteiger partial charge in [-0.05, 0) is 55.7 Å². The Kier molecular flexibility index (Phi) is 11.9. The van der Waals surface area contributed by atoms with Crippen molar-refractivity contribution in [2.75, 3.05) is 13.2 Å². The number of carbonyl (C=O) groups excluding carboxylic acids is 2. The maximum atomic E-state index is 15.7. The minimum Gasteiger partial charge on any atom is -0.449 e. The Bertz CT molecular complexity index is 1920. The summed E-state index contributed by atoms with van der Waals surface area (Å²) in [5.74, 6) is -0.572. The molecular weight excluding hydrogens is 649 g/mol. The Morgan fingerprint density at radius 3 is 2.45 bits per heavy atom. The molecule has 0 radical (unpaired) electrons. The van der Waals surface area contributed by atoms with Gasteiger partial charge in [-0.3, -0.25) is 9.36 Å². The number of halogens is 2. The molecule has 0 fully saturated rings. The predicted octanol–water partition coefficient (Wildman–Crippen LogP) is 5.85. The van der Waals surface area contributed by atoms with Gasteiger partial charge in [0.25, 0.3) is 15.9 Å².